The van der Waals surface area contributed by atoms with E-state index in [9.17, 15) is 9.90 Å². The van der Waals surface area contributed by atoms with Crippen LogP contribution >= 0.6 is 0 Å². The van der Waals surface area contributed by atoms with E-state index >= 15 is 0 Å². The predicted octanol–water partition coefficient (Wildman–Crippen LogP) is 6.12. The number of nitrogens with zero attached hydrogens (tertiary/aromatic N) is 1. The minimum atomic E-state index is -0.961. The fourth-order valence-electron chi connectivity index (χ4n) is 3.65. The van der Waals surface area contributed by atoms with Gasteiger partial charge in [0.05, 0.1) is 17.0 Å². The van der Waals surface area contributed by atoms with Gasteiger partial charge >= 0.3 is 5.97 Å². The molecule has 4 heteroatoms. The molecule has 0 spiro atoms. The summed E-state index contributed by atoms with van der Waals surface area (Å²) in [4.78, 5) is 16.6. The van der Waals surface area contributed by atoms with Crippen LogP contribution in [0.3, 0.4) is 0 Å². The van der Waals surface area contributed by atoms with Gasteiger partial charge < -0.3 is 9.84 Å². The molecule has 0 aliphatic carbocycles. The molecule has 0 atom stereocenters. The number of hydrogen-bond donors (Lipinski definition) is 1. The van der Waals surface area contributed by atoms with Crippen molar-refractivity contribution >= 4 is 5.97 Å². The van der Waals surface area contributed by atoms with Crippen molar-refractivity contribution in [2.45, 2.75) is 26.4 Å². The average Bonchev–Trinajstić information content (AvgIpc) is 2.83. The highest BCUT2D eigenvalue weighted by molar-refractivity contribution is 5.89. The molecule has 4 rings (SSSR count). The topological polar surface area (TPSA) is 59.4 Å². The minimum Gasteiger partial charge on any atom is -0.488 e. The van der Waals surface area contributed by atoms with Crippen molar-refractivity contribution in [1.29, 1.82) is 0 Å². The van der Waals surface area contributed by atoms with Crippen LogP contribution in [0.1, 0.15) is 32.7 Å². The first-order valence-electron chi connectivity index (χ1n) is 10.6. The van der Waals surface area contributed by atoms with Gasteiger partial charge in [-0.15, -0.1) is 0 Å². The van der Waals surface area contributed by atoms with Crippen molar-refractivity contribution in [1.82, 2.24) is 4.98 Å². The first-order valence-corrected chi connectivity index (χ1v) is 10.6. The number of rotatable bonds is 8. The summed E-state index contributed by atoms with van der Waals surface area (Å²) in [5.41, 5.74) is 5.71. The van der Waals surface area contributed by atoms with Gasteiger partial charge in [-0.2, -0.15) is 0 Å². The largest absolute Gasteiger partial charge is 0.488 e. The molecule has 0 bridgehead atoms. The highest BCUT2D eigenvalue weighted by atomic mass is 16.5. The molecule has 0 aliphatic heterocycles. The summed E-state index contributed by atoms with van der Waals surface area (Å²) < 4.78 is 6.12. The predicted molar refractivity (Wildman–Crippen MR) is 126 cm³/mol. The molecule has 160 valence electrons. The zero-order chi connectivity index (χ0) is 22.3. The number of carboxylic acids is 1. The number of aromatic nitrogens is 1. The number of aryl methyl sites for hydroxylation is 3. The number of ether oxygens (including phenoxy) is 1. The van der Waals surface area contributed by atoms with E-state index in [1.165, 1.54) is 0 Å². The van der Waals surface area contributed by atoms with E-state index in [2.05, 4.69) is 0 Å². The lowest BCUT2D eigenvalue weighted by atomic mass is 10.0. The van der Waals surface area contributed by atoms with Gasteiger partial charge in [0, 0.05) is 5.56 Å². The average molecular weight is 424 g/mol. The maximum absolute atomic E-state index is 11.8. The van der Waals surface area contributed by atoms with E-state index < -0.39 is 5.97 Å². The molecular weight excluding hydrogens is 398 g/mol. The summed E-state index contributed by atoms with van der Waals surface area (Å²) >= 11 is 0. The van der Waals surface area contributed by atoms with Crippen molar-refractivity contribution in [3.63, 3.8) is 0 Å². The molecule has 4 aromatic rings. The molecule has 0 fully saturated rings. The Balaban J connectivity index is 1.65. The SMILES string of the molecule is Cc1ccc(OCc2ccccc2)c(-c2ccc(C(=O)O)c(CCc3ccccc3)n2)c1. The Morgan fingerprint density at radius 3 is 2.22 bits per heavy atom. The number of benzene rings is 3. The second-order valence-electron chi connectivity index (χ2n) is 7.76. The van der Waals surface area contributed by atoms with Crippen LogP contribution in [-0.2, 0) is 19.4 Å². The van der Waals surface area contributed by atoms with E-state index in [0.29, 0.717) is 24.4 Å². The Labute approximate surface area is 188 Å². The quantitative estimate of drug-likeness (QED) is 0.371. The number of hydrogen-bond acceptors (Lipinski definition) is 3. The summed E-state index contributed by atoms with van der Waals surface area (Å²) in [5, 5.41) is 9.67. The molecule has 0 saturated heterocycles. The van der Waals surface area contributed by atoms with Crippen molar-refractivity contribution < 1.29 is 14.6 Å². The van der Waals surface area contributed by atoms with Gasteiger partial charge in [0.2, 0.25) is 0 Å². The lowest BCUT2D eigenvalue weighted by Crippen LogP contribution is -2.07. The summed E-state index contributed by atoms with van der Waals surface area (Å²) in [6.45, 7) is 2.47. The Kier molecular flexibility index (Phi) is 6.61. The van der Waals surface area contributed by atoms with Crippen LogP contribution in [-0.4, -0.2) is 16.1 Å². The van der Waals surface area contributed by atoms with Gasteiger partial charge in [0.15, 0.2) is 0 Å². The first-order chi connectivity index (χ1) is 15.6. The number of pyridine rings is 1. The molecular formula is C28H25NO3. The normalized spacial score (nSPS) is 10.7. The van der Waals surface area contributed by atoms with Crippen molar-refractivity contribution in [3.8, 4) is 17.0 Å². The summed E-state index contributed by atoms with van der Waals surface area (Å²) in [7, 11) is 0. The number of carboxylic acid groups (broad SMARTS) is 1. The molecule has 32 heavy (non-hydrogen) atoms. The van der Waals surface area contributed by atoms with Crippen LogP contribution in [0, 0.1) is 6.92 Å². The Hall–Kier alpha value is -3.92. The lowest BCUT2D eigenvalue weighted by molar-refractivity contribution is 0.0695. The van der Waals surface area contributed by atoms with E-state index in [0.717, 1.165) is 34.4 Å². The second kappa shape index (κ2) is 9.92. The highest BCUT2D eigenvalue weighted by Gasteiger charge is 2.16. The second-order valence-corrected chi connectivity index (χ2v) is 7.76. The van der Waals surface area contributed by atoms with E-state index in [1.807, 2.05) is 85.8 Å². The Morgan fingerprint density at radius 1 is 0.844 bits per heavy atom. The third-order valence-electron chi connectivity index (χ3n) is 5.35. The van der Waals surface area contributed by atoms with Crippen LogP contribution < -0.4 is 4.74 Å². The molecule has 0 aliphatic rings. The van der Waals surface area contributed by atoms with Crippen LogP contribution in [0.15, 0.2) is 91.0 Å². The van der Waals surface area contributed by atoms with Crippen molar-refractivity contribution in [2.24, 2.45) is 0 Å². The third kappa shape index (κ3) is 5.22. The smallest absolute Gasteiger partial charge is 0.337 e. The van der Waals surface area contributed by atoms with Gasteiger partial charge in [-0.1, -0.05) is 72.3 Å². The molecule has 0 amide bonds. The molecule has 0 saturated carbocycles. The van der Waals surface area contributed by atoms with Crippen molar-refractivity contribution in [3.05, 3.63) is 119 Å². The first kappa shape index (κ1) is 21.3. The summed E-state index contributed by atoms with van der Waals surface area (Å²) in [5.74, 6) is -0.235. The Bertz CT molecular complexity index is 1200. The molecule has 3 aromatic carbocycles. The maximum Gasteiger partial charge on any atom is 0.337 e. The summed E-state index contributed by atoms with van der Waals surface area (Å²) in [6.07, 6.45) is 1.27. The van der Waals surface area contributed by atoms with E-state index in [4.69, 9.17) is 9.72 Å². The lowest BCUT2D eigenvalue weighted by Gasteiger charge is -2.14. The van der Waals surface area contributed by atoms with Crippen LogP contribution in [0.2, 0.25) is 0 Å². The van der Waals surface area contributed by atoms with Gasteiger partial charge in [0.1, 0.15) is 12.4 Å². The zero-order valence-electron chi connectivity index (χ0n) is 18.0. The molecule has 0 unspecified atom stereocenters. The number of carbonyl (C=O) groups is 1. The molecule has 1 aromatic heterocycles. The fraction of sp³-hybridized carbons (Fsp3) is 0.143. The van der Waals surface area contributed by atoms with Gasteiger partial charge in [-0.3, -0.25) is 4.98 Å². The monoisotopic (exact) mass is 423 g/mol. The van der Waals surface area contributed by atoms with Gasteiger partial charge in [-0.25, -0.2) is 4.79 Å². The van der Waals surface area contributed by atoms with Crippen molar-refractivity contribution in [2.75, 3.05) is 0 Å². The maximum atomic E-state index is 11.8. The fourth-order valence-corrected chi connectivity index (χ4v) is 3.65. The van der Waals surface area contributed by atoms with E-state index in [1.54, 1.807) is 12.1 Å². The minimum absolute atomic E-state index is 0.240. The molecule has 4 nitrogen and oxygen atoms in total. The zero-order valence-corrected chi connectivity index (χ0v) is 18.0. The molecule has 1 heterocycles. The van der Waals surface area contributed by atoms with Crippen LogP contribution in [0.5, 0.6) is 5.75 Å². The highest BCUT2D eigenvalue weighted by Crippen LogP contribution is 2.31. The Morgan fingerprint density at radius 2 is 1.53 bits per heavy atom. The summed E-state index contributed by atoms with van der Waals surface area (Å²) in [6, 6.07) is 29.4. The third-order valence-corrected chi connectivity index (χ3v) is 5.35. The molecule has 0 radical (unpaired) electrons. The van der Waals surface area contributed by atoms with E-state index in [-0.39, 0.29) is 5.56 Å². The molecule has 1 N–H and O–H groups in total. The number of aromatic carboxylic acids is 1. The van der Waals surface area contributed by atoms with Gasteiger partial charge in [0.25, 0.3) is 0 Å². The standard InChI is InChI=1S/C28H25NO3/c1-20-12-17-27(32-19-22-10-6-3-7-11-22)24(18-20)26-16-14-23(28(30)31)25(29-26)15-13-21-8-4-2-5-9-21/h2-12,14,16-18H,13,15,19H2,1H3,(H,30,31). The van der Waals surface area contributed by atoms with Crippen LogP contribution in [0.25, 0.3) is 11.3 Å². The van der Waals surface area contributed by atoms with Gasteiger partial charge in [-0.05, 0) is 55.2 Å². The van der Waals surface area contributed by atoms with Crippen LogP contribution in [0.4, 0.5) is 0 Å².